The van der Waals surface area contributed by atoms with Gasteiger partial charge in [0.05, 0.1) is 5.84 Å². The average molecular weight is 322 g/mol. The molecule has 1 atom stereocenters. The summed E-state index contributed by atoms with van der Waals surface area (Å²) in [7, 11) is 0. The summed E-state index contributed by atoms with van der Waals surface area (Å²) < 4.78 is 2.74. The van der Waals surface area contributed by atoms with Crippen molar-refractivity contribution in [3.63, 3.8) is 0 Å². The van der Waals surface area contributed by atoms with E-state index in [-0.39, 0.29) is 0 Å². The van der Waals surface area contributed by atoms with Crippen molar-refractivity contribution in [3.8, 4) is 0 Å². The molecule has 0 bridgehead atoms. The fourth-order valence-corrected chi connectivity index (χ4v) is 4.42. The Labute approximate surface area is 141 Å². The van der Waals surface area contributed by atoms with Gasteiger partial charge in [0, 0.05) is 39.2 Å². The predicted octanol–water partition coefficient (Wildman–Crippen LogP) is 5.68. The van der Waals surface area contributed by atoms with E-state index in [1.807, 2.05) is 11.3 Å². The third kappa shape index (κ3) is 2.98. The van der Waals surface area contributed by atoms with E-state index >= 15 is 0 Å². The van der Waals surface area contributed by atoms with Gasteiger partial charge in [-0.15, -0.1) is 11.3 Å². The fraction of sp³-hybridized carbons (Fsp3) is 0.350. The summed E-state index contributed by atoms with van der Waals surface area (Å²) in [5, 5.41) is 6.38. The molecule has 4 rings (SSSR count). The third-order valence-electron chi connectivity index (χ3n) is 4.66. The maximum atomic E-state index is 4.70. The minimum atomic E-state index is 0.301. The van der Waals surface area contributed by atoms with E-state index in [1.54, 1.807) is 0 Å². The summed E-state index contributed by atoms with van der Waals surface area (Å²) in [6.07, 6.45) is 4.88. The molecule has 1 aromatic heterocycles. The van der Waals surface area contributed by atoms with Crippen LogP contribution < -0.4 is 5.32 Å². The SMILES string of the molecule is CC(NC1=NCCCCC1)c1ccc2sc3ccccc3c2c1. The summed E-state index contributed by atoms with van der Waals surface area (Å²) >= 11 is 1.88. The first-order valence-corrected chi connectivity index (χ1v) is 9.34. The molecule has 3 heteroatoms. The Morgan fingerprint density at radius 1 is 1.00 bits per heavy atom. The van der Waals surface area contributed by atoms with E-state index in [2.05, 4.69) is 54.7 Å². The van der Waals surface area contributed by atoms with Gasteiger partial charge in [0.2, 0.25) is 0 Å². The number of benzene rings is 2. The molecule has 3 aromatic rings. The lowest BCUT2D eigenvalue weighted by molar-refractivity contribution is 0.694. The minimum Gasteiger partial charge on any atom is -0.367 e. The van der Waals surface area contributed by atoms with Gasteiger partial charge in [-0.25, -0.2) is 0 Å². The van der Waals surface area contributed by atoms with Crippen LogP contribution in [0.5, 0.6) is 0 Å². The molecule has 2 heterocycles. The van der Waals surface area contributed by atoms with Crippen LogP contribution >= 0.6 is 11.3 Å². The van der Waals surface area contributed by atoms with Crippen molar-refractivity contribution >= 4 is 37.3 Å². The lowest BCUT2D eigenvalue weighted by atomic mass is 10.0. The summed E-state index contributed by atoms with van der Waals surface area (Å²) in [6.45, 7) is 3.21. The van der Waals surface area contributed by atoms with Gasteiger partial charge in [0.15, 0.2) is 0 Å². The smallest absolute Gasteiger partial charge is 0.0967 e. The van der Waals surface area contributed by atoms with E-state index in [0.29, 0.717) is 6.04 Å². The normalized spacial score (nSPS) is 17.0. The minimum absolute atomic E-state index is 0.301. The molecule has 0 aliphatic carbocycles. The molecule has 0 amide bonds. The molecule has 2 nitrogen and oxygen atoms in total. The van der Waals surface area contributed by atoms with E-state index in [9.17, 15) is 0 Å². The van der Waals surface area contributed by atoms with Crippen LogP contribution in [-0.2, 0) is 0 Å². The van der Waals surface area contributed by atoms with E-state index < -0.39 is 0 Å². The summed E-state index contributed by atoms with van der Waals surface area (Å²) in [6, 6.07) is 15.9. The molecule has 2 aromatic carbocycles. The zero-order valence-corrected chi connectivity index (χ0v) is 14.3. The molecule has 1 aliphatic heterocycles. The third-order valence-corrected chi connectivity index (χ3v) is 5.81. The zero-order valence-electron chi connectivity index (χ0n) is 13.5. The summed E-state index contributed by atoms with van der Waals surface area (Å²) in [5.74, 6) is 1.19. The first-order chi connectivity index (χ1) is 11.3. The number of rotatable bonds is 2. The van der Waals surface area contributed by atoms with Crippen LogP contribution in [0.1, 0.15) is 44.2 Å². The number of fused-ring (bicyclic) bond motifs is 3. The van der Waals surface area contributed by atoms with E-state index in [1.165, 1.54) is 50.8 Å². The molecule has 1 unspecified atom stereocenters. The number of thiophene rings is 1. The van der Waals surface area contributed by atoms with Gasteiger partial charge in [0.1, 0.15) is 0 Å². The lowest BCUT2D eigenvalue weighted by Gasteiger charge is -2.17. The fourth-order valence-electron chi connectivity index (χ4n) is 3.34. The Morgan fingerprint density at radius 3 is 2.83 bits per heavy atom. The molecule has 118 valence electrons. The number of nitrogens with zero attached hydrogens (tertiary/aromatic N) is 1. The molecular formula is C20H22N2S. The number of hydrogen-bond donors (Lipinski definition) is 1. The molecule has 0 fully saturated rings. The molecule has 0 saturated heterocycles. The summed E-state index contributed by atoms with van der Waals surface area (Å²) in [4.78, 5) is 4.70. The van der Waals surface area contributed by atoms with Gasteiger partial charge in [-0.05, 0) is 43.5 Å². The second-order valence-electron chi connectivity index (χ2n) is 6.36. The Kier molecular flexibility index (Phi) is 4.04. The number of nitrogens with one attached hydrogen (secondary N) is 1. The molecule has 1 aliphatic rings. The van der Waals surface area contributed by atoms with Gasteiger partial charge in [-0.1, -0.05) is 30.7 Å². The number of hydrogen-bond acceptors (Lipinski definition) is 3. The van der Waals surface area contributed by atoms with Gasteiger partial charge in [0.25, 0.3) is 0 Å². The van der Waals surface area contributed by atoms with Crippen LogP contribution in [0.15, 0.2) is 47.5 Å². The van der Waals surface area contributed by atoms with Crippen molar-refractivity contribution in [3.05, 3.63) is 48.0 Å². The highest BCUT2D eigenvalue weighted by atomic mass is 32.1. The van der Waals surface area contributed by atoms with Crippen LogP contribution in [0, 0.1) is 0 Å². The Hall–Kier alpha value is -1.87. The number of aliphatic imine (C=N–C) groups is 1. The maximum absolute atomic E-state index is 4.70. The topological polar surface area (TPSA) is 24.4 Å². The first-order valence-electron chi connectivity index (χ1n) is 8.52. The predicted molar refractivity (Wildman–Crippen MR) is 102 cm³/mol. The van der Waals surface area contributed by atoms with Crippen molar-refractivity contribution in [2.24, 2.45) is 4.99 Å². The molecule has 0 spiro atoms. The van der Waals surface area contributed by atoms with Crippen molar-refractivity contribution in [2.45, 2.75) is 38.6 Å². The van der Waals surface area contributed by atoms with Gasteiger partial charge >= 0.3 is 0 Å². The van der Waals surface area contributed by atoms with Crippen LogP contribution in [0.2, 0.25) is 0 Å². The van der Waals surface area contributed by atoms with E-state index in [0.717, 1.165) is 13.0 Å². The Bertz CT molecular complexity index is 862. The standard InChI is InChI=1S/C20H22N2S/c1-14(22-20-9-3-2-6-12-21-20)15-10-11-19-17(13-15)16-7-4-5-8-18(16)23-19/h4-5,7-8,10-11,13-14H,2-3,6,9,12H2,1H3,(H,21,22). The highest BCUT2D eigenvalue weighted by Crippen LogP contribution is 2.35. The van der Waals surface area contributed by atoms with Crippen LogP contribution in [0.4, 0.5) is 0 Å². The average Bonchev–Trinajstić information content (AvgIpc) is 2.74. The second kappa shape index (κ2) is 6.32. The summed E-state index contributed by atoms with van der Waals surface area (Å²) in [5.41, 5.74) is 1.34. The van der Waals surface area contributed by atoms with E-state index in [4.69, 9.17) is 4.99 Å². The molecular weight excluding hydrogens is 300 g/mol. The monoisotopic (exact) mass is 322 g/mol. The number of amidine groups is 1. The van der Waals surface area contributed by atoms with Crippen LogP contribution in [0.3, 0.4) is 0 Å². The van der Waals surface area contributed by atoms with Crippen LogP contribution in [-0.4, -0.2) is 12.4 Å². The quantitative estimate of drug-likeness (QED) is 0.645. The van der Waals surface area contributed by atoms with Crippen LogP contribution in [0.25, 0.3) is 20.2 Å². The molecule has 0 saturated carbocycles. The van der Waals surface area contributed by atoms with Gasteiger partial charge in [-0.3, -0.25) is 4.99 Å². The van der Waals surface area contributed by atoms with Crippen molar-refractivity contribution in [1.29, 1.82) is 0 Å². The zero-order chi connectivity index (χ0) is 15.6. The van der Waals surface area contributed by atoms with Gasteiger partial charge < -0.3 is 5.32 Å². The van der Waals surface area contributed by atoms with Gasteiger partial charge in [-0.2, -0.15) is 0 Å². The Balaban J connectivity index is 1.65. The highest BCUT2D eigenvalue weighted by Gasteiger charge is 2.12. The molecule has 23 heavy (non-hydrogen) atoms. The van der Waals surface area contributed by atoms with Crippen molar-refractivity contribution in [2.75, 3.05) is 6.54 Å². The largest absolute Gasteiger partial charge is 0.367 e. The van der Waals surface area contributed by atoms with Crippen molar-refractivity contribution < 1.29 is 0 Å². The lowest BCUT2D eigenvalue weighted by Crippen LogP contribution is -2.26. The maximum Gasteiger partial charge on any atom is 0.0967 e. The molecule has 1 N–H and O–H groups in total. The van der Waals surface area contributed by atoms with Crippen molar-refractivity contribution in [1.82, 2.24) is 5.32 Å². The second-order valence-corrected chi connectivity index (χ2v) is 7.44. The Morgan fingerprint density at radius 2 is 1.87 bits per heavy atom. The highest BCUT2D eigenvalue weighted by molar-refractivity contribution is 7.25. The first kappa shape index (κ1) is 14.7. The molecule has 0 radical (unpaired) electrons.